The molecule has 0 unspecified atom stereocenters. The fraction of sp³-hybridized carbons (Fsp3) is 0.448. The van der Waals surface area contributed by atoms with Crippen LogP contribution in [0, 0.1) is 34.7 Å². The van der Waals surface area contributed by atoms with Crippen molar-refractivity contribution in [3.8, 4) is 23.3 Å². The van der Waals surface area contributed by atoms with Gasteiger partial charge in [-0.2, -0.15) is 15.2 Å². The molecule has 3 aromatic heterocycles. The molecule has 0 spiro atoms. The lowest BCUT2D eigenvalue weighted by Crippen LogP contribution is -2.54. The van der Waals surface area contributed by atoms with Gasteiger partial charge in [0.1, 0.15) is 39.7 Å². The molecule has 2 fully saturated rings. The summed E-state index contributed by atoms with van der Waals surface area (Å²) in [5.41, 5.74) is 4.87. The van der Waals surface area contributed by atoms with Gasteiger partial charge >= 0.3 is 6.01 Å². The number of nitrogen functional groups attached to an aromatic ring is 1. The van der Waals surface area contributed by atoms with Crippen LogP contribution < -0.4 is 15.8 Å². The number of benzene rings is 1. The van der Waals surface area contributed by atoms with Gasteiger partial charge in [0.05, 0.1) is 22.3 Å². The third-order valence-corrected chi connectivity index (χ3v) is 9.69. The van der Waals surface area contributed by atoms with Crippen molar-refractivity contribution in [1.29, 1.82) is 5.26 Å². The van der Waals surface area contributed by atoms with Crippen molar-refractivity contribution in [2.45, 2.75) is 31.2 Å². The van der Waals surface area contributed by atoms with Gasteiger partial charge in [-0.1, -0.05) is 0 Å². The number of fused-ring (bicyclic) bond motifs is 2. The van der Waals surface area contributed by atoms with Crippen LogP contribution in [0.4, 0.5) is 24.0 Å². The highest BCUT2D eigenvalue weighted by molar-refractivity contribution is 7.23. The van der Waals surface area contributed by atoms with Gasteiger partial charge in [0.25, 0.3) is 0 Å². The van der Waals surface area contributed by atoms with E-state index in [-0.39, 0.29) is 49.2 Å². The van der Waals surface area contributed by atoms with E-state index >= 15 is 8.78 Å². The Morgan fingerprint density at radius 1 is 1.26 bits per heavy atom. The largest absolute Gasteiger partial charge is 0.463 e. The zero-order valence-electron chi connectivity index (χ0n) is 23.6. The second-order valence-electron chi connectivity index (χ2n) is 11.5. The van der Waals surface area contributed by atoms with Crippen molar-refractivity contribution in [3.05, 3.63) is 35.3 Å². The first-order valence-electron chi connectivity index (χ1n) is 13.8. The van der Waals surface area contributed by atoms with Gasteiger partial charge in [-0.25, -0.2) is 13.2 Å². The van der Waals surface area contributed by atoms with Crippen LogP contribution in [0.1, 0.15) is 31.2 Å². The number of aromatic nitrogens is 3. The minimum absolute atomic E-state index is 0.00678. The van der Waals surface area contributed by atoms with Gasteiger partial charge in [-0.3, -0.25) is 4.98 Å². The molecule has 13 heteroatoms. The molecule has 1 aliphatic heterocycles. The molecular formula is C29H31F3N8OS. The number of nitrogens with zero attached hydrogens (tertiary/aromatic N) is 6. The van der Waals surface area contributed by atoms with Crippen molar-refractivity contribution in [2.75, 3.05) is 58.4 Å². The van der Waals surface area contributed by atoms with Crippen LogP contribution in [0.5, 0.6) is 6.01 Å². The van der Waals surface area contributed by atoms with E-state index in [4.69, 9.17) is 10.5 Å². The molecular weight excluding hydrogens is 565 g/mol. The summed E-state index contributed by atoms with van der Waals surface area (Å²) in [6.45, 7) is 2.77. The number of halogens is 3. The van der Waals surface area contributed by atoms with Crippen LogP contribution in [0.3, 0.4) is 0 Å². The second kappa shape index (κ2) is 10.8. The lowest BCUT2D eigenvalue weighted by Gasteiger charge is -2.47. The number of thiophene rings is 1. The Morgan fingerprint density at radius 3 is 2.69 bits per heavy atom. The Hall–Kier alpha value is -3.73. The molecule has 4 aromatic rings. The summed E-state index contributed by atoms with van der Waals surface area (Å²) in [6.07, 6.45) is 5.47. The molecule has 1 saturated heterocycles. The van der Waals surface area contributed by atoms with Gasteiger partial charge in [0.15, 0.2) is 5.82 Å². The van der Waals surface area contributed by atoms with Gasteiger partial charge in [0.2, 0.25) is 0 Å². The molecule has 3 N–H and O–H groups in total. The third kappa shape index (κ3) is 4.77. The molecule has 1 aliphatic carbocycles. The molecule has 1 aromatic carbocycles. The van der Waals surface area contributed by atoms with Crippen molar-refractivity contribution in [2.24, 2.45) is 5.92 Å². The van der Waals surface area contributed by atoms with E-state index in [1.807, 2.05) is 27.2 Å². The molecule has 1 saturated carbocycles. The quantitative estimate of drug-likeness (QED) is 0.290. The number of ether oxygens (including phenoxy) is 1. The lowest BCUT2D eigenvalue weighted by molar-refractivity contribution is 0.0738. The standard InChI is InChI=1S/C29H31F3N8OS/c1-39(2)29(6-4-7-29)14-36-27-17-11-35-24(21-18(30)9-19(31)25-20(21)16(10-33)26(34)42-25)22(32)23(17)37-28(38-27)41-13-15-5-8-40(3)12-15/h9,11,15H,4-8,12-14,34H2,1-3H3,(H,36,37,38)/t15-/m1/s1. The highest BCUT2D eigenvalue weighted by Crippen LogP contribution is 2.43. The summed E-state index contributed by atoms with van der Waals surface area (Å²) >= 11 is 0.800. The van der Waals surface area contributed by atoms with E-state index in [0.717, 1.165) is 50.1 Å². The Bertz CT molecular complexity index is 1730. The molecule has 1 atom stereocenters. The number of likely N-dealkylation sites (tertiary alicyclic amines) is 1. The second-order valence-corrected chi connectivity index (χ2v) is 12.5. The molecule has 4 heterocycles. The highest BCUT2D eigenvalue weighted by atomic mass is 32.1. The zero-order valence-corrected chi connectivity index (χ0v) is 24.4. The van der Waals surface area contributed by atoms with Crippen molar-refractivity contribution >= 4 is 43.1 Å². The minimum Gasteiger partial charge on any atom is -0.463 e. The predicted octanol–water partition coefficient (Wildman–Crippen LogP) is 5.00. The van der Waals surface area contributed by atoms with Crippen LogP contribution in [0.15, 0.2) is 12.3 Å². The Balaban J connectivity index is 1.47. The zero-order chi connectivity index (χ0) is 29.8. The number of hydrogen-bond donors (Lipinski definition) is 2. The average molecular weight is 597 g/mol. The van der Waals surface area contributed by atoms with Crippen LogP contribution in [0.2, 0.25) is 0 Å². The number of hydrogen-bond acceptors (Lipinski definition) is 10. The SMILES string of the molecule is CN1CC[C@@H](COc2nc(NCC3(N(C)C)CCC3)c3cnc(-c4c(F)cc(F)c5sc(N)c(C#N)c45)c(F)c3n2)C1. The van der Waals surface area contributed by atoms with Crippen LogP contribution in [-0.2, 0) is 0 Å². The minimum atomic E-state index is -1.06. The third-order valence-electron chi connectivity index (χ3n) is 8.66. The summed E-state index contributed by atoms with van der Waals surface area (Å²) < 4.78 is 52.4. The van der Waals surface area contributed by atoms with Crippen molar-refractivity contribution in [1.82, 2.24) is 24.8 Å². The summed E-state index contributed by atoms with van der Waals surface area (Å²) in [5.74, 6) is -2.25. The Labute approximate surface area is 245 Å². The van der Waals surface area contributed by atoms with Gasteiger partial charge < -0.3 is 25.6 Å². The summed E-state index contributed by atoms with van der Waals surface area (Å²) in [7, 11) is 6.11. The number of likely N-dealkylation sites (N-methyl/N-ethyl adjacent to an activating group) is 1. The number of rotatable bonds is 8. The normalized spacial score (nSPS) is 18.5. The topological polar surface area (TPSA) is 116 Å². The summed E-state index contributed by atoms with van der Waals surface area (Å²) in [5, 5.41) is 13.3. The lowest BCUT2D eigenvalue weighted by atomic mass is 9.75. The average Bonchev–Trinajstić information content (AvgIpc) is 3.50. The van der Waals surface area contributed by atoms with E-state index in [9.17, 15) is 9.65 Å². The molecule has 2 aliphatic rings. The van der Waals surface area contributed by atoms with E-state index in [1.54, 1.807) is 0 Å². The predicted molar refractivity (Wildman–Crippen MR) is 157 cm³/mol. The van der Waals surface area contributed by atoms with Crippen LogP contribution >= 0.6 is 11.3 Å². The molecule has 6 rings (SSSR count). The van der Waals surface area contributed by atoms with Gasteiger partial charge in [0, 0.05) is 47.8 Å². The molecule has 9 nitrogen and oxygen atoms in total. The van der Waals surface area contributed by atoms with Crippen molar-refractivity contribution in [3.63, 3.8) is 0 Å². The molecule has 220 valence electrons. The van der Waals surface area contributed by atoms with Crippen molar-refractivity contribution < 1.29 is 17.9 Å². The first kappa shape index (κ1) is 28.4. The first-order valence-corrected chi connectivity index (χ1v) is 14.6. The number of pyridine rings is 1. The van der Waals surface area contributed by atoms with E-state index < -0.39 is 23.1 Å². The summed E-state index contributed by atoms with van der Waals surface area (Å²) in [4.78, 5) is 17.6. The van der Waals surface area contributed by atoms with Gasteiger partial charge in [-0.05, 0) is 53.4 Å². The Morgan fingerprint density at radius 2 is 2.05 bits per heavy atom. The van der Waals surface area contributed by atoms with E-state index in [2.05, 4.69) is 30.1 Å². The van der Waals surface area contributed by atoms with E-state index in [0.29, 0.717) is 30.4 Å². The first-order chi connectivity index (χ1) is 20.1. The fourth-order valence-corrected chi connectivity index (χ4v) is 6.88. The molecule has 42 heavy (non-hydrogen) atoms. The number of anilines is 2. The molecule has 0 amide bonds. The maximum atomic E-state index is 16.4. The van der Waals surface area contributed by atoms with E-state index in [1.165, 1.54) is 6.20 Å². The monoisotopic (exact) mass is 596 g/mol. The smallest absolute Gasteiger partial charge is 0.319 e. The Kier molecular flexibility index (Phi) is 7.32. The summed E-state index contributed by atoms with van der Waals surface area (Å²) in [6, 6.07) is 2.54. The maximum absolute atomic E-state index is 16.4. The van der Waals surface area contributed by atoms with Crippen LogP contribution in [-0.4, -0.2) is 77.7 Å². The number of nitriles is 1. The highest BCUT2D eigenvalue weighted by Gasteiger charge is 2.39. The van der Waals surface area contributed by atoms with Crippen LogP contribution in [0.25, 0.3) is 32.2 Å². The van der Waals surface area contributed by atoms with Gasteiger partial charge in [-0.15, -0.1) is 11.3 Å². The number of nitrogens with two attached hydrogens (primary N) is 1. The molecule has 0 bridgehead atoms. The fourth-order valence-electron chi connectivity index (χ4n) is 5.95. The maximum Gasteiger partial charge on any atom is 0.319 e. The molecule has 0 radical (unpaired) electrons. The number of nitrogens with one attached hydrogen (secondary N) is 1.